The number of pyridine rings is 1. The van der Waals surface area contributed by atoms with E-state index in [0.717, 1.165) is 13.1 Å². The molecule has 9 heteroatoms. The van der Waals surface area contributed by atoms with Gasteiger partial charge in [-0.15, -0.1) is 0 Å². The van der Waals surface area contributed by atoms with Gasteiger partial charge in [-0.3, -0.25) is 9.59 Å². The Morgan fingerprint density at radius 1 is 1.03 bits per heavy atom. The fourth-order valence-electron chi connectivity index (χ4n) is 4.11. The van der Waals surface area contributed by atoms with E-state index in [9.17, 15) is 18.0 Å². The van der Waals surface area contributed by atoms with Crippen molar-refractivity contribution in [2.24, 2.45) is 0 Å². The molecule has 8 nitrogen and oxygen atoms in total. The number of hydrogen-bond donors (Lipinski definition) is 2. The molecule has 1 saturated heterocycles. The van der Waals surface area contributed by atoms with Crippen molar-refractivity contribution in [3.05, 3.63) is 70.0 Å². The number of nitrogens with one attached hydrogen (secondary N) is 2. The Kier molecular flexibility index (Phi) is 6.53. The lowest BCUT2D eigenvalue weighted by Gasteiger charge is -2.37. The molecule has 3 aromatic rings. The van der Waals surface area contributed by atoms with E-state index in [2.05, 4.69) is 46.7 Å². The lowest BCUT2D eigenvalue weighted by molar-refractivity contribution is -0.131. The molecule has 2 heterocycles. The van der Waals surface area contributed by atoms with E-state index in [1.165, 1.54) is 35.0 Å². The van der Waals surface area contributed by atoms with E-state index in [4.69, 9.17) is 0 Å². The van der Waals surface area contributed by atoms with Crippen molar-refractivity contribution < 1.29 is 13.2 Å². The standard InChI is InChI=1S/C24H28N4O4S/c1-17-4-3-5-22(18(17)2)27-12-14-28(15-13-27)24(30)10-11-25-33(31,32)20-7-8-21-19(16-20)6-9-23(29)26-21/h3-9,16,25H,10-15H2,1-2H3,(H,26,29). The van der Waals surface area contributed by atoms with Gasteiger partial charge >= 0.3 is 0 Å². The zero-order chi connectivity index (χ0) is 23.6. The summed E-state index contributed by atoms with van der Waals surface area (Å²) in [7, 11) is -3.76. The van der Waals surface area contributed by atoms with Crippen LogP contribution in [0.3, 0.4) is 0 Å². The van der Waals surface area contributed by atoms with Gasteiger partial charge in [0, 0.05) is 56.4 Å². The number of aromatic nitrogens is 1. The van der Waals surface area contributed by atoms with Gasteiger partial charge in [0.05, 0.1) is 4.90 Å². The molecule has 1 fully saturated rings. The molecule has 2 aromatic carbocycles. The molecule has 0 atom stereocenters. The van der Waals surface area contributed by atoms with Crippen LogP contribution in [0.1, 0.15) is 17.5 Å². The zero-order valence-electron chi connectivity index (χ0n) is 18.8. The predicted octanol–water partition coefficient (Wildman–Crippen LogP) is 2.16. The highest BCUT2D eigenvalue weighted by Gasteiger charge is 2.23. The van der Waals surface area contributed by atoms with E-state index in [-0.39, 0.29) is 29.3 Å². The Balaban J connectivity index is 1.31. The van der Waals surface area contributed by atoms with Crippen molar-refractivity contribution in [2.75, 3.05) is 37.6 Å². The predicted molar refractivity (Wildman–Crippen MR) is 129 cm³/mol. The number of amides is 1. The molecule has 33 heavy (non-hydrogen) atoms. The number of carbonyl (C=O) groups excluding carboxylic acids is 1. The van der Waals surface area contributed by atoms with Gasteiger partial charge in [0.15, 0.2) is 0 Å². The molecule has 1 aliphatic heterocycles. The van der Waals surface area contributed by atoms with Crippen LogP contribution in [0.2, 0.25) is 0 Å². The maximum Gasteiger partial charge on any atom is 0.248 e. The number of anilines is 1. The summed E-state index contributed by atoms with van der Waals surface area (Å²) in [6.07, 6.45) is 0.101. The van der Waals surface area contributed by atoms with Crippen molar-refractivity contribution in [3.8, 4) is 0 Å². The number of hydrogen-bond acceptors (Lipinski definition) is 5. The van der Waals surface area contributed by atoms with Gasteiger partial charge in [-0.05, 0) is 60.7 Å². The number of aromatic amines is 1. The van der Waals surface area contributed by atoms with Gasteiger partial charge in [-0.2, -0.15) is 0 Å². The minimum absolute atomic E-state index is 0.0298. The van der Waals surface area contributed by atoms with Crippen molar-refractivity contribution in [1.82, 2.24) is 14.6 Å². The summed E-state index contributed by atoms with van der Waals surface area (Å²) in [6, 6.07) is 13.7. The molecule has 1 aliphatic rings. The number of nitrogens with zero attached hydrogens (tertiary/aromatic N) is 2. The SMILES string of the molecule is Cc1cccc(N2CCN(C(=O)CCNS(=O)(=O)c3ccc4[nH]c(=O)ccc4c3)CC2)c1C. The van der Waals surface area contributed by atoms with E-state index < -0.39 is 10.0 Å². The summed E-state index contributed by atoms with van der Waals surface area (Å²) in [5.41, 5.74) is 4.03. The zero-order valence-corrected chi connectivity index (χ0v) is 19.6. The third-order valence-corrected chi connectivity index (χ3v) is 7.64. The topological polar surface area (TPSA) is 103 Å². The molecule has 174 valence electrons. The molecule has 0 unspecified atom stereocenters. The van der Waals surface area contributed by atoms with Crippen molar-refractivity contribution >= 4 is 32.5 Å². The summed E-state index contributed by atoms with van der Waals surface area (Å²) in [4.78, 5) is 30.9. The smallest absolute Gasteiger partial charge is 0.248 e. The second-order valence-electron chi connectivity index (χ2n) is 8.31. The van der Waals surface area contributed by atoms with Gasteiger partial charge in [-0.1, -0.05) is 12.1 Å². The lowest BCUT2D eigenvalue weighted by Crippen LogP contribution is -2.49. The van der Waals surface area contributed by atoms with E-state index in [1.807, 2.05) is 0 Å². The van der Waals surface area contributed by atoms with Crippen molar-refractivity contribution in [2.45, 2.75) is 25.2 Å². The molecule has 0 saturated carbocycles. The van der Waals surface area contributed by atoms with Crippen molar-refractivity contribution in [1.29, 1.82) is 0 Å². The fraction of sp³-hybridized carbons (Fsp3) is 0.333. The number of carbonyl (C=O) groups is 1. The van der Waals surface area contributed by atoms with Gasteiger partial charge in [0.1, 0.15) is 0 Å². The van der Waals surface area contributed by atoms with E-state index >= 15 is 0 Å². The van der Waals surface area contributed by atoms with Crippen LogP contribution in [0.15, 0.2) is 58.2 Å². The van der Waals surface area contributed by atoms with E-state index in [1.54, 1.807) is 17.0 Å². The average molecular weight is 469 g/mol. The number of benzene rings is 2. The largest absolute Gasteiger partial charge is 0.368 e. The van der Waals surface area contributed by atoms with Crippen LogP contribution in [0.25, 0.3) is 10.9 Å². The minimum atomic E-state index is -3.76. The minimum Gasteiger partial charge on any atom is -0.368 e. The number of sulfonamides is 1. The summed E-state index contributed by atoms with van der Waals surface area (Å²) in [5, 5.41) is 0.621. The highest BCUT2D eigenvalue weighted by molar-refractivity contribution is 7.89. The summed E-state index contributed by atoms with van der Waals surface area (Å²) >= 11 is 0. The molecule has 0 radical (unpaired) electrons. The van der Waals surface area contributed by atoms with Crippen LogP contribution in [0, 0.1) is 13.8 Å². The normalized spacial score (nSPS) is 14.6. The van der Waals surface area contributed by atoms with Gasteiger partial charge in [0.25, 0.3) is 0 Å². The maximum atomic E-state index is 12.6. The Morgan fingerprint density at radius 3 is 2.55 bits per heavy atom. The molecule has 0 spiro atoms. The molecule has 2 N–H and O–H groups in total. The maximum absolute atomic E-state index is 12.6. The third kappa shape index (κ3) is 5.09. The number of piperazine rings is 1. The molecular weight excluding hydrogens is 440 g/mol. The Labute approximate surface area is 193 Å². The lowest BCUT2D eigenvalue weighted by atomic mass is 10.1. The first kappa shape index (κ1) is 23.0. The first-order valence-corrected chi connectivity index (χ1v) is 12.4. The number of rotatable bonds is 6. The number of H-pyrrole nitrogens is 1. The van der Waals surface area contributed by atoms with Crippen LogP contribution in [-0.2, 0) is 14.8 Å². The summed E-state index contributed by atoms with van der Waals surface area (Å²) in [5.74, 6) is -0.0607. The van der Waals surface area contributed by atoms with E-state index in [0.29, 0.717) is 24.0 Å². The van der Waals surface area contributed by atoms with Crippen LogP contribution >= 0.6 is 0 Å². The average Bonchev–Trinajstić information content (AvgIpc) is 2.80. The number of aryl methyl sites for hydroxylation is 1. The second kappa shape index (κ2) is 9.36. The monoisotopic (exact) mass is 468 g/mol. The van der Waals surface area contributed by atoms with Crippen LogP contribution in [0.4, 0.5) is 5.69 Å². The molecule has 0 aliphatic carbocycles. The Hall–Kier alpha value is -3.17. The molecule has 4 rings (SSSR count). The Bertz CT molecular complexity index is 1340. The molecule has 0 bridgehead atoms. The third-order valence-electron chi connectivity index (χ3n) is 6.19. The van der Waals surface area contributed by atoms with Crippen LogP contribution in [-0.4, -0.2) is 56.9 Å². The quantitative estimate of drug-likeness (QED) is 0.577. The van der Waals surface area contributed by atoms with Crippen molar-refractivity contribution in [3.63, 3.8) is 0 Å². The summed E-state index contributed by atoms with van der Waals surface area (Å²) in [6.45, 7) is 6.97. The summed E-state index contributed by atoms with van der Waals surface area (Å²) < 4.78 is 27.8. The molecule has 1 aromatic heterocycles. The Morgan fingerprint density at radius 2 is 1.79 bits per heavy atom. The number of fused-ring (bicyclic) bond motifs is 1. The fourth-order valence-corrected chi connectivity index (χ4v) is 5.18. The first-order valence-electron chi connectivity index (χ1n) is 11.0. The molecular formula is C24H28N4O4S. The van der Waals surface area contributed by atoms with Crippen LogP contribution < -0.4 is 15.2 Å². The molecule has 1 amide bonds. The van der Waals surface area contributed by atoms with Gasteiger partial charge in [0.2, 0.25) is 21.5 Å². The van der Waals surface area contributed by atoms with Crippen LogP contribution in [0.5, 0.6) is 0 Å². The highest BCUT2D eigenvalue weighted by atomic mass is 32.2. The highest BCUT2D eigenvalue weighted by Crippen LogP contribution is 2.24. The second-order valence-corrected chi connectivity index (χ2v) is 10.1. The van der Waals surface area contributed by atoms with Gasteiger partial charge in [-0.25, -0.2) is 13.1 Å². The van der Waals surface area contributed by atoms with Gasteiger partial charge < -0.3 is 14.8 Å². The first-order chi connectivity index (χ1) is 15.7.